The van der Waals surface area contributed by atoms with Crippen LogP contribution in [0.15, 0.2) is 84.0 Å². The lowest BCUT2D eigenvalue weighted by molar-refractivity contribution is 0.262. The molecule has 0 atom stereocenters. The van der Waals surface area contributed by atoms with Crippen molar-refractivity contribution in [2.24, 2.45) is 0 Å². The fourth-order valence-electron chi connectivity index (χ4n) is 2.62. The number of thioether (sulfide) groups is 1. The van der Waals surface area contributed by atoms with Crippen LogP contribution in [-0.2, 0) is 0 Å². The first-order valence-corrected chi connectivity index (χ1v) is 10.3. The summed E-state index contributed by atoms with van der Waals surface area (Å²) in [6, 6.07) is 19.6. The second-order valence-corrected chi connectivity index (χ2v) is 7.00. The maximum Gasteiger partial charge on any atom is 0.323 e. The van der Waals surface area contributed by atoms with Crippen molar-refractivity contribution < 1.29 is 9.53 Å². The average Bonchev–Trinajstić information content (AvgIpc) is 3.31. The van der Waals surface area contributed by atoms with Gasteiger partial charge in [0.05, 0.1) is 0 Å². The molecule has 0 spiro atoms. The SMILES string of the molecule is CSc1cccc(NC(=O)Nc2ccc(Oc3ccc(-n4cccn4)nn3)cc2)c1. The average molecular weight is 418 g/mol. The Balaban J connectivity index is 1.34. The molecule has 0 aliphatic carbocycles. The van der Waals surface area contributed by atoms with Gasteiger partial charge in [0.15, 0.2) is 5.82 Å². The highest BCUT2D eigenvalue weighted by molar-refractivity contribution is 7.98. The number of benzene rings is 2. The van der Waals surface area contributed by atoms with Crippen LogP contribution in [-0.4, -0.2) is 32.3 Å². The summed E-state index contributed by atoms with van der Waals surface area (Å²) < 4.78 is 7.31. The molecule has 0 saturated heterocycles. The van der Waals surface area contributed by atoms with Crippen molar-refractivity contribution in [1.82, 2.24) is 20.0 Å². The molecule has 0 aliphatic heterocycles. The van der Waals surface area contributed by atoms with Crippen molar-refractivity contribution in [3.05, 3.63) is 79.1 Å². The summed E-state index contributed by atoms with van der Waals surface area (Å²) in [5.74, 6) is 1.54. The molecule has 0 radical (unpaired) electrons. The number of nitrogens with zero attached hydrogens (tertiary/aromatic N) is 4. The fraction of sp³-hybridized carbons (Fsp3) is 0.0476. The van der Waals surface area contributed by atoms with Gasteiger partial charge >= 0.3 is 6.03 Å². The molecule has 9 heteroatoms. The first-order valence-electron chi connectivity index (χ1n) is 9.03. The van der Waals surface area contributed by atoms with Gasteiger partial charge < -0.3 is 15.4 Å². The standard InChI is InChI=1S/C21H18N6O2S/c1-30-18-5-2-4-16(14-18)24-21(28)23-15-6-8-17(9-7-15)29-20-11-10-19(25-26-20)27-13-3-12-22-27/h2-14H,1H3,(H2,23,24,28). The van der Waals surface area contributed by atoms with Gasteiger partial charge in [0.2, 0.25) is 5.88 Å². The van der Waals surface area contributed by atoms with Crippen LogP contribution in [0.3, 0.4) is 0 Å². The van der Waals surface area contributed by atoms with Gasteiger partial charge in [-0.05, 0) is 60.9 Å². The van der Waals surface area contributed by atoms with Gasteiger partial charge in [-0.3, -0.25) is 0 Å². The van der Waals surface area contributed by atoms with Crippen LogP contribution in [0.4, 0.5) is 16.2 Å². The number of hydrogen-bond acceptors (Lipinski definition) is 6. The molecule has 0 saturated carbocycles. The quantitative estimate of drug-likeness (QED) is 0.436. The predicted molar refractivity (Wildman–Crippen MR) is 117 cm³/mol. The first-order chi connectivity index (χ1) is 14.7. The number of hydrogen-bond donors (Lipinski definition) is 2. The highest BCUT2D eigenvalue weighted by Crippen LogP contribution is 2.22. The number of rotatable bonds is 6. The summed E-state index contributed by atoms with van der Waals surface area (Å²) >= 11 is 1.62. The molecule has 0 unspecified atom stereocenters. The Morgan fingerprint density at radius 2 is 1.80 bits per heavy atom. The van der Waals surface area contributed by atoms with Crippen LogP contribution in [0, 0.1) is 0 Å². The van der Waals surface area contributed by atoms with Gasteiger partial charge in [-0.15, -0.1) is 22.0 Å². The van der Waals surface area contributed by atoms with Gasteiger partial charge in [-0.1, -0.05) is 6.07 Å². The highest BCUT2D eigenvalue weighted by Gasteiger charge is 2.06. The topological polar surface area (TPSA) is 94.0 Å². The lowest BCUT2D eigenvalue weighted by Crippen LogP contribution is -2.19. The second kappa shape index (κ2) is 9.10. The molecule has 30 heavy (non-hydrogen) atoms. The minimum Gasteiger partial charge on any atom is -0.438 e. The van der Waals surface area contributed by atoms with E-state index in [4.69, 9.17) is 4.74 Å². The Bertz CT molecular complexity index is 1120. The van der Waals surface area contributed by atoms with Gasteiger partial charge in [-0.2, -0.15) is 5.10 Å². The van der Waals surface area contributed by atoms with Crippen molar-refractivity contribution in [3.63, 3.8) is 0 Å². The number of carbonyl (C=O) groups excluding carboxylic acids is 1. The first kappa shape index (κ1) is 19.5. The fourth-order valence-corrected chi connectivity index (χ4v) is 3.07. The van der Waals surface area contributed by atoms with Crippen LogP contribution >= 0.6 is 11.8 Å². The Morgan fingerprint density at radius 1 is 0.967 bits per heavy atom. The zero-order chi connectivity index (χ0) is 20.8. The third-order valence-electron chi connectivity index (χ3n) is 4.03. The Hall–Kier alpha value is -3.85. The van der Waals surface area contributed by atoms with E-state index in [-0.39, 0.29) is 6.03 Å². The van der Waals surface area contributed by atoms with Crippen molar-refractivity contribution in [3.8, 4) is 17.4 Å². The molecule has 0 bridgehead atoms. The largest absolute Gasteiger partial charge is 0.438 e. The van der Waals surface area contributed by atoms with Crippen LogP contribution in [0.2, 0.25) is 0 Å². The molecule has 4 rings (SSSR count). The van der Waals surface area contributed by atoms with E-state index < -0.39 is 0 Å². The molecule has 150 valence electrons. The van der Waals surface area contributed by atoms with Crippen LogP contribution in [0.25, 0.3) is 5.82 Å². The molecule has 4 aromatic rings. The Labute approximate surface area is 177 Å². The van der Waals surface area contributed by atoms with Crippen LogP contribution < -0.4 is 15.4 Å². The summed E-state index contributed by atoms with van der Waals surface area (Å²) in [6.45, 7) is 0. The normalized spacial score (nSPS) is 10.4. The van der Waals surface area contributed by atoms with Crippen LogP contribution in [0.1, 0.15) is 0 Å². The zero-order valence-electron chi connectivity index (χ0n) is 16.0. The number of nitrogens with one attached hydrogen (secondary N) is 2. The maximum atomic E-state index is 12.2. The summed E-state index contributed by atoms with van der Waals surface area (Å²) in [6.07, 6.45) is 5.44. The van der Waals surface area contributed by atoms with E-state index in [1.165, 1.54) is 0 Å². The number of urea groups is 1. The van der Waals surface area contributed by atoms with Gasteiger partial charge in [0.25, 0.3) is 0 Å². The number of aromatic nitrogens is 4. The molecule has 0 aliphatic rings. The smallest absolute Gasteiger partial charge is 0.323 e. The lowest BCUT2D eigenvalue weighted by Gasteiger charge is -2.09. The second-order valence-electron chi connectivity index (χ2n) is 6.12. The van der Waals surface area contributed by atoms with E-state index in [0.29, 0.717) is 23.1 Å². The minimum atomic E-state index is -0.318. The predicted octanol–water partition coefficient (Wildman–Crippen LogP) is 4.82. The Morgan fingerprint density at radius 3 is 2.50 bits per heavy atom. The van der Waals surface area contributed by atoms with E-state index in [1.54, 1.807) is 65.2 Å². The van der Waals surface area contributed by atoms with E-state index in [1.807, 2.05) is 36.6 Å². The van der Waals surface area contributed by atoms with E-state index >= 15 is 0 Å². The lowest BCUT2D eigenvalue weighted by atomic mass is 10.3. The van der Waals surface area contributed by atoms with Gasteiger partial charge in [0.1, 0.15) is 5.75 Å². The molecule has 2 heterocycles. The molecular formula is C21H18N6O2S. The monoisotopic (exact) mass is 418 g/mol. The summed E-state index contributed by atoms with van der Waals surface area (Å²) in [4.78, 5) is 13.3. The summed E-state index contributed by atoms with van der Waals surface area (Å²) in [5, 5.41) is 17.8. The van der Waals surface area contributed by atoms with Crippen molar-refractivity contribution >= 4 is 29.2 Å². The summed E-state index contributed by atoms with van der Waals surface area (Å²) in [7, 11) is 0. The summed E-state index contributed by atoms with van der Waals surface area (Å²) in [5.41, 5.74) is 1.37. The molecule has 0 fully saturated rings. The van der Waals surface area contributed by atoms with Gasteiger partial charge in [0, 0.05) is 34.7 Å². The molecule has 2 amide bonds. The highest BCUT2D eigenvalue weighted by atomic mass is 32.2. The zero-order valence-corrected chi connectivity index (χ0v) is 16.8. The van der Waals surface area contributed by atoms with Crippen molar-refractivity contribution in [2.45, 2.75) is 4.90 Å². The van der Waals surface area contributed by atoms with E-state index in [0.717, 1.165) is 10.6 Å². The van der Waals surface area contributed by atoms with Crippen molar-refractivity contribution in [2.75, 3.05) is 16.9 Å². The maximum absolute atomic E-state index is 12.2. The molecular weight excluding hydrogens is 400 g/mol. The van der Waals surface area contributed by atoms with E-state index in [2.05, 4.69) is 25.9 Å². The molecule has 2 aromatic heterocycles. The molecule has 2 aromatic carbocycles. The Kier molecular flexibility index (Phi) is 5.90. The van der Waals surface area contributed by atoms with E-state index in [9.17, 15) is 4.79 Å². The number of amides is 2. The van der Waals surface area contributed by atoms with Gasteiger partial charge in [-0.25, -0.2) is 9.48 Å². The number of anilines is 2. The third-order valence-corrected chi connectivity index (χ3v) is 4.75. The third kappa shape index (κ3) is 4.95. The minimum absolute atomic E-state index is 0.318. The van der Waals surface area contributed by atoms with Crippen LogP contribution in [0.5, 0.6) is 11.6 Å². The number of carbonyl (C=O) groups is 1. The molecule has 8 nitrogen and oxygen atoms in total. The van der Waals surface area contributed by atoms with Crippen molar-refractivity contribution in [1.29, 1.82) is 0 Å². The number of ether oxygens (including phenoxy) is 1. The molecule has 2 N–H and O–H groups in total.